The molecule has 0 spiro atoms. The van der Waals surface area contributed by atoms with Crippen molar-refractivity contribution in [1.29, 1.82) is 0 Å². The molecule has 2 heterocycles. The Morgan fingerprint density at radius 1 is 1.35 bits per heavy atom. The zero-order chi connectivity index (χ0) is 14.8. The lowest BCUT2D eigenvalue weighted by atomic mass is 9.98. The van der Waals surface area contributed by atoms with E-state index >= 15 is 0 Å². The van der Waals surface area contributed by atoms with Crippen molar-refractivity contribution in [3.63, 3.8) is 0 Å². The molecule has 1 N–H and O–H groups in total. The minimum Gasteiger partial charge on any atom is -0.305 e. The van der Waals surface area contributed by atoms with Crippen molar-refractivity contribution >= 4 is 11.3 Å². The largest absolute Gasteiger partial charge is 0.305 e. The number of nitrogens with one attached hydrogen (secondary N) is 1. The molecule has 0 amide bonds. The second kappa shape index (κ2) is 6.02. The third-order valence-electron chi connectivity index (χ3n) is 3.20. The molecule has 0 saturated carbocycles. The summed E-state index contributed by atoms with van der Waals surface area (Å²) < 4.78 is 0. The van der Waals surface area contributed by atoms with Crippen molar-refractivity contribution in [3.05, 3.63) is 45.7 Å². The Bertz CT molecular complexity index is 555. The molecule has 108 valence electrons. The van der Waals surface area contributed by atoms with Gasteiger partial charge in [-0.2, -0.15) is 0 Å². The van der Waals surface area contributed by atoms with Gasteiger partial charge in [-0.15, -0.1) is 11.3 Å². The van der Waals surface area contributed by atoms with Gasteiger partial charge in [0, 0.05) is 35.3 Å². The van der Waals surface area contributed by atoms with Crippen molar-refractivity contribution in [1.82, 2.24) is 15.3 Å². The molecule has 1 unspecified atom stereocenters. The molecule has 0 aromatic carbocycles. The minimum atomic E-state index is 0.122. The fourth-order valence-corrected chi connectivity index (χ4v) is 3.15. The molecule has 4 heteroatoms. The summed E-state index contributed by atoms with van der Waals surface area (Å²) in [5.74, 6) is 0. The van der Waals surface area contributed by atoms with Gasteiger partial charge in [-0.05, 0) is 25.5 Å². The summed E-state index contributed by atoms with van der Waals surface area (Å²) in [6, 6.07) is 4.37. The number of pyridine rings is 1. The van der Waals surface area contributed by atoms with E-state index in [4.69, 9.17) is 4.98 Å². The number of hydrogen-bond acceptors (Lipinski definition) is 4. The van der Waals surface area contributed by atoms with Crippen molar-refractivity contribution in [2.75, 3.05) is 0 Å². The molecule has 0 saturated heterocycles. The first-order chi connectivity index (χ1) is 9.38. The van der Waals surface area contributed by atoms with E-state index < -0.39 is 0 Å². The second-order valence-corrected chi connectivity index (χ2v) is 7.21. The van der Waals surface area contributed by atoms with Gasteiger partial charge in [0.2, 0.25) is 0 Å². The molecular weight excluding hydrogens is 266 g/mol. The fraction of sp³-hybridized carbons (Fsp3) is 0.500. The SMILES string of the molecule is Cc1nc(C(C)(C)C)sc1C(C)NCc1cccnc1. The third kappa shape index (κ3) is 3.64. The standard InChI is InChI=1S/C16H23N3S/c1-11(18-10-13-7-6-8-17-9-13)14-12(2)19-15(20-14)16(3,4)5/h6-9,11,18H,10H2,1-5H3. The quantitative estimate of drug-likeness (QED) is 0.924. The number of nitrogens with zero attached hydrogens (tertiary/aromatic N) is 2. The van der Waals surface area contributed by atoms with E-state index in [9.17, 15) is 0 Å². The van der Waals surface area contributed by atoms with Crippen molar-refractivity contribution in [3.8, 4) is 0 Å². The van der Waals surface area contributed by atoms with Crippen LogP contribution in [0.25, 0.3) is 0 Å². The zero-order valence-corrected chi connectivity index (χ0v) is 13.7. The second-order valence-electron chi connectivity index (χ2n) is 6.18. The smallest absolute Gasteiger partial charge is 0.0985 e. The predicted octanol–water partition coefficient (Wildman–Crippen LogP) is 3.99. The maximum Gasteiger partial charge on any atom is 0.0985 e. The van der Waals surface area contributed by atoms with Crippen LogP contribution in [-0.4, -0.2) is 9.97 Å². The van der Waals surface area contributed by atoms with Gasteiger partial charge >= 0.3 is 0 Å². The first-order valence-electron chi connectivity index (χ1n) is 6.98. The van der Waals surface area contributed by atoms with Gasteiger partial charge in [0.15, 0.2) is 0 Å². The summed E-state index contributed by atoms with van der Waals surface area (Å²) in [7, 11) is 0. The monoisotopic (exact) mass is 289 g/mol. The maximum atomic E-state index is 4.72. The zero-order valence-electron chi connectivity index (χ0n) is 12.9. The molecule has 0 bridgehead atoms. The molecule has 0 aliphatic rings. The molecule has 2 aromatic heterocycles. The first-order valence-corrected chi connectivity index (χ1v) is 7.79. The topological polar surface area (TPSA) is 37.8 Å². The summed E-state index contributed by atoms with van der Waals surface area (Å²) in [4.78, 5) is 10.2. The Labute approximate surface area is 125 Å². The molecule has 0 aliphatic heterocycles. The van der Waals surface area contributed by atoms with Gasteiger partial charge in [0.05, 0.1) is 10.7 Å². The molecule has 2 aromatic rings. The van der Waals surface area contributed by atoms with Gasteiger partial charge in [-0.3, -0.25) is 4.98 Å². The normalized spacial score (nSPS) is 13.4. The van der Waals surface area contributed by atoms with Gasteiger partial charge in [0.25, 0.3) is 0 Å². The lowest BCUT2D eigenvalue weighted by molar-refractivity contribution is 0.576. The van der Waals surface area contributed by atoms with Crippen LogP contribution in [0.1, 0.15) is 54.9 Å². The predicted molar refractivity (Wildman–Crippen MR) is 85.0 cm³/mol. The molecule has 20 heavy (non-hydrogen) atoms. The summed E-state index contributed by atoms with van der Waals surface area (Å²) in [6.07, 6.45) is 3.70. The van der Waals surface area contributed by atoms with Crippen LogP contribution in [-0.2, 0) is 12.0 Å². The Balaban J connectivity index is 2.06. The molecule has 3 nitrogen and oxygen atoms in total. The van der Waals surface area contributed by atoms with E-state index in [0.717, 1.165) is 12.2 Å². The Morgan fingerprint density at radius 2 is 2.10 bits per heavy atom. The van der Waals surface area contributed by atoms with Crippen LogP contribution in [0.5, 0.6) is 0 Å². The van der Waals surface area contributed by atoms with Crippen molar-refractivity contribution in [2.45, 2.75) is 52.6 Å². The van der Waals surface area contributed by atoms with Gasteiger partial charge in [0.1, 0.15) is 0 Å². The summed E-state index contributed by atoms with van der Waals surface area (Å²) in [5.41, 5.74) is 2.47. The number of hydrogen-bond donors (Lipinski definition) is 1. The first kappa shape index (κ1) is 15.1. The van der Waals surface area contributed by atoms with Gasteiger partial charge < -0.3 is 5.32 Å². The Morgan fingerprint density at radius 3 is 2.65 bits per heavy atom. The van der Waals surface area contributed by atoms with Crippen LogP contribution in [0, 0.1) is 6.92 Å². The molecular formula is C16H23N3S. The average molecular weight is 289 g/mol. The lowest BCUT2D eigenvalue weighted by Gasteiger charge is -2.14. The molecule has 1 atom stereocenters. The number of rotatable bonds is 4. The van der Waals surface area contributed by atoms with Crippen LogP contribution in [0.15, 0.2) is 24.5 Å². The van der Waals surface area contributed by atoms with Crippen molar-refractivity contribution in [2.24, 2.45) is 0 Å². The molecule has 0 radical (unpaired) electrons. The highest BCUT2D eigenvalue weighted by Crippen LogP contribution is 2.32. The maximum absolute atomic E-state index is 4.72. The number of aryl methyl sites for hydroxylation is 1. The molecule has 0 aliphatic carbocycles. The lowest BCUT2D eigenvalue weighted by Crippen LogP contribution is -2.17. The van der Waals surface area contributed by atoms with Crippen LogP contribution < -0.4 is 5.32 Å². The Kier molecular flexibility index (Phi) is 4.55. The highest BCUT2D eigenvalue weighted by Gasteiger charge is 2.22. The van der Waals surface area contributed by atoms with Crippen LogP contribution in [0.4, 0.5) is 0 Å². The number of aromatic nitrogens is 2. The van der Waals surface area contributed by atoms with Gasteiger partial charge in [-0.25, -0.2) is 4.98 Å². The third-order valence-corrected chi connectivity index (χ3v) is 4.97. The molecule has 2 rings (SSSR count). The van der Waals surface area contributed by atoms with E-state index in [-0.39, 0.29) is 5.41 Å². The van der Waals surface area contributed by atoms with E-state index in [2.05, 4.69) is 51.0 Å². The van der Waals surface area contributed by atoms with E-state index in [1.807, 2.05) is 23.6 Å². The van der Waals surface area contributed by atoms with E-state index in [1.165, 1.54) is 15.4 Å². The molecule has 0 fully saturated rings. The van der Waals surface area contributed by atoms with E-state index in [0.29, 0.717) is 6.04 Å². The summed E-state index contributed by atoms with van der Waals surface area (Å²) in [6.45, 7) is 11.8. The Hall–Kier alpha value is -1.26. The van der Waals surface area contributed by atoms with Crippen molar-refractivity contribution < 1.29 is 0 Å². The fourth-order valence-electron chi connectivity index (χ4n) is 2.00. The van der Waals surface area contributed by atoms with Crippen LogP contribution in [0.2, 0.25) is 0 Å². The van der Waals surface area contributed by atoms with E-state index in [1.54, 1.807) is 6.20 Å². The van der Waals surface area contributed by atoms with Crippen LogP contribution in [0.3, 0.4) is 0 Å². The summed E-state index contributed by atoms with van der Waals surface area (Å²) in [5, 5.41) is 4.76. The minimum absolute atomic E-state index is 0.122. The average Bonchev–Trinajstić information content (AvgIpc) is 2.79. The van der Waals surface area contributed by atoms with Gasteiger partial charge in [-0.1, -0.05) is 26.8 Å². The van der Waals surface area contributed by atoms with Crippen LogP contribution >= 0.6 is 11.3 Å². The highest BCUT2D eigenvalue weighted by atomic mass is 32.1. The number of thiazole rings is 1. The summed E-state index contributed by atoms with van der Waals surface area (Å²) >= 11 is 1.82. The highest BCUT2D eigenvalue weighted by molar-refractivity contribution is 7.12.